The Morgan fingerprint density at radius 3 is 2.70 bits per heavy atom. The van der Waals surface area contributed by atoms with Gasteiger partial charge in [-0.25, -0.2) is 4.79 Å². The lowest BCUT2D eigenvalue weighted by molar-refractivity contribution is 0.134. The number of nitrogens with one attached hydrogen (secondary N) is 1. The van der Waals surface area contributed by atoms with Crippen molar-refractivity contribution >= 4 is 6.09 Å². The predicted octanol–water partition coefficient (Wildman–Crippen LogP) is 3.64. The molecule has 108 valence electrons. The van der Waals surface area contributed by atoms with E-state index in [1.165, 1.54) is 0 Å². The number of carbonyl (C=O) groups is 1. The van der Waals surface area contributed by atoms with Crippen LogP contribution >= 0.6 is 0 Å². The molecule has 0 fully saturated rings. The average Bonchev–Trinajstić information content (AvgIpc) is 2.43. The lowest BCUT2D eigenvalue weighted by Crippen LogP contribution is -2.38. The highest BCUT2D eigenvalue weighted by Gasteiger charge is 2.14. The molecule has 1 N–H and O–H groups in total. The van der Waals surface area contributed by atoms with Gasteiger partial charge in [-0.1, -0.05) is 49.3 Å². The van der Waals surface area contributed by atoms with Crippen molar-refractivity contribution < 1.29 is 9.53 Å². The SMILES string of the molecule is CC(C)CC(CN=[N+]=[N-])NC(=O)OCc1ccccc1. The van der Waals surface area contributed by atoms with Gasteiger partial charge in [0.25, 0.3) is 0 Å². The predicted molar refractivity (Wildman–Crippen MR) is 77.0 cm³/mol. The number of carbonyl (C=O) groups excluding carboxylic acids is 1. The van der Waals surface area contributed by atoms with Crippen molar-refractivity contribution in [1.29, 1.82) is 0 Å². The van der Waals surface area contributed by atoms with Gasteiger partial charge in [-0.05, 0) is 23.4 Å². The zero-order valence-electron chi connectivity index (χ0n) is 11.8. The van der Waals surface area contributed by atoms with Gasteiger partial charge < -0.3 is 10.1 Å². The molecular weight excluding hydrogens is 256 g/mol. The Bertz CT molecular complexity index is 456. The summed E-state index contributed by atoms with van der Waals surface area (Å²) < 4.78 is 5.14. The molecule has 0 aliphatic carbocycles. The smallest absolute Gasteiger partial charge is 0.407 e. The molecule has 0 spiro atoms. The molecule has 0 heterocycles. The Kier molecular flexibility index (Phi) is 7.00. The van der Waals surface area contributed by atoms with E-state index in [1.54, 1.807) is 0 Å². The summed E-state index contributed by atoms with van der Waals surface area (Å²) in [6.45, 7) is 4.54. The molecule has 0 aliphatic heterocycles. The number of nitrogens with zero attached hydrogens (tertiary/aromatic N) is 3. The third-order valence-corrected chi connectivity index (χ3v) is 2.66. The van der Waals surface area contributed by atoms with Crippen LogP contribution in [0, 0.1) is 5.92 Å². The van der Waals surface area contributed by atoms with E-state index in [9.17, 15) is 4.79 Å². The Morgan fingerprint density at radius 1 is 1.40 bits per heavy atom. The molecule has 6 nitrogen and oxygen atoms in total. The maximum Gasteiger partial charge on any atom is 0.407 e. The number of benzene rings is 1. The maximum atomic E-state index is 11.7. The van der Waals surface area contributed by atoms with Crippen molar-refractivity contribution in [3.05, 3.63) is 46.3 Å². The van der Waals surface area contributed by atoms with Gasteiger partial charge in [-0.15, -0.1) is 0 Å². The van der Waals surface area contributed by atoms with Gasteiger partial charge in [0.1, 0.15) is 6.61 Å². The van der Waals surface area contributed by atoms with Gasteiger partial charge in [0.15, 0.2) is 0 Å². The minimum atomic E-state index is -0.493. The second kappa shape index (κ2) is 8.82. The molecule has 1 amide bonds. The van der Waals surface area contributed by atoms with Crippen LogP contribution in [0.5, 0.6) is 0 Å². The van der Waals surface area contributed by atoms with E-state index >= 15 is 0 Å². The van der Waals surface area contributed by atoms with E-state index in [-0.39, 0.29) is 19.2 Å². The van der Waals surface area contributed by atoms with Crippen LogP contribution in [0.3, 0.4) is 0 Å². The molecule has 0 saturated heterocycles. The molecule has 1 aromatic rings. The monoisotopic (exact) mass is 276 g/mol. The number of ether oxygens (including phenoxy) is 1. The highest BCUT2D eigenvalue weighted by molar-refractivity contribution is 5.67. The van der Waals surface area contributed by atoms with Crippen LogP contribution in [0.15, 0.2) is 35.4 Å². The fraction of sp³-hybridized carbons (Fsp3) is 0.500. The number of amides is 1. The summed E-state index contributed by atoms with van der Waals surface area (Å²) in [5, 5.41) is 6.23. The fourth-order valence-electron chi connectivity index (χ4n) is 1.81. The van der Waals surface area contributed by atoms with Crippen LogP contribution in [-0.2, 0) is 11.3 Å². The molecular formula is C14H20N4O2. The van der Waals surface area contributed by atoms with Crippen LogP contribution in [0.1, 0.15) is 25.8 Å². The number of alkyl carbamates (subject to hydrolysis) is 1. The lowest BCUT2D eigenvalue weighted by Gasteiger charge is -2.18. The maximum absolute atomic E-state index is 11.7. The molecule has 1 atom stereocenters. The number of hydrogen-bond acceptors (Lipinski definition) is 3. The Hall–Kier alpha value is -2.20. The normalized spacial score (nSPS) is 11.6. The van der Waals surface area contributed by atoms with Gasteiger partial charge in [-0.3, -0.25) is 0 Å². The Morgan fingerprint density at radius 2 is 2.10 bits per heavy atom. The standard InChI is InChI=1S/C14H20N4O2/c1-11(2)8-13(9-16-18-15)17-14(19)20-10-12-6-4-3-5-7-12/h3-7,11,13H,8-10H2,1-2H3,(H,17,19). The fourth-order valence-corrected chi connectivity index (χ4v) is 1.81. The van der Waals surface area contributed by atoms with E-state index in [2.05, 4.69) is 15.3 Å². The van der Waals surface area contributed by atoms with E-state index < -0.39 is 6.09 Å². The van der Waals surface area contributed by atoms with E-state index in [0.717, 1.165) is 12.0 Å². The summed E-state index contributed by atoms with van der Waals surface area (Å²) in [5.74, 6) is 0.392. The molecule has 0 radical (unpaired) electrons. The zero-order valence-corrected chi connectivity index (χ0v) is 11.8. The van der Waals surface area contributed by atoms with Gasteiger partial charge in [-0.2, -0.15) is 0 Å². The van der Waals surface area contributed by atoms with Gasteiger partial charge in [0, 0.05) is 17.5 Å². The number of azide groups is 1. The first-order valence-corrected chi connectivity index (χ1v) is 6.60. The van der Waals surface area contributed by atoms with E-state index in [0.29, 0.717) is 5.92 Å². The molecule has 0 bridgehead atoms. The topological polar surface area (TPSA) is 87.1 Å². The highest BCUT2D eigenvalue weighted by atomic mass is 16.5. The molecule has 0 saturated carbocycles. The van der Waals surface area contributed by atoms with Crippen LogP contribution in [0.2, 0.25) is 0 Å². The van der Waals surface area contributed by atoms with Crippen molar-refractivity contribution in [2.45, 2.75) is 32.9 Å². The highest BCUT2D eigenvalue weighted by Crippen LogP contribution is 2.06. The lowest BCUT2D eigenvalue weighted by atomic mass is 10.0. The summed E-state index contributed by atoms with van der Waals surface area (Å²) in [6, 6.07) is 9.26. The van der Waals surface area contributed by atoms with Gasteiger partial charge in [0.2, 0.25) is 0 Å². The van der Waals surface area contributed by atoms with Crippen molar-refractivity contribution in [3.63, 3.8) is 0 Å². The first kappa shape index (κ1) is 15.9. The minimum absolute atomic E-state index is 0.200. The van der Waals surface area contributed by atoms with Crippen LogP contribution in [-0.4, -0.2) is 18.7 Å². The number of hydrogen-bond donors (Lipinski definition) is 1. The molecule has 20 heavy (non-hydrogen) atoms. The third kappa shape index (κ3) is 6.66. The second-order valence-electron chi connectivity index (χ2n) is 4.95. The van der Waals surface area contributed by atoms with E-state index in [4.69, 9.17) is 10.3 Å². The third-order valence-electron chi connectivity index (χ3n) is 2.66. The molecule has 1 rings (SSSR count). The molecule has 1 unspecified atom stereocenters. The molecule has 6 heteroatoms. The van der Waals surface area contributed by atoms with Crippen LogP contribution in [0.25, 0.3) is 10.4 Å². The van der Waals surface area contributed by atoms with Crippen molar-refractivity contribution in [2.24, 2.45) is 11.0 Å². The van der Waals surface area contributed by atoms with Crippen LogP contribution < -0.4 is 5.32 Å². The van der Waals surface area contributed by atoms with Crippen molar-refractivity contribution in [1.82, 2.24) is 5.32 Å². The number of rotatable bonds is 7. The largest absolute Gasteiger partial charge is 0.445 e. The first-order valence-electron chi connectivity index (χ1n) is 6.60. The summed E-state index contributed by atoms with van der Waals surface area (Å²) in [7, 11) is 0. The zero-order chi connectivity index (χ0) is 14.8. The van der Waals surface area contributed by atoms with Gasteiger partial charge >= 0.3 is 6.09 Å². The molecule has 1 aromatic carbocycles. The summed E-state index contributed by atoms with van der Waals surface area (Å²) >= 11 is 0. The van der Waals surface area contributed by atoms with Crippen molar-refractivity contribution in [3.8, 4) is 0 Å². The minimum Gasteiger partial charge on any atom is -0.445 e. The molecule has 0 aliphatic rings. The first-order chi connectivity index (χ1) is 9.61. The quantitative estimate of drug-likeness (QED) is 0.468. The molecule has 0 aromatic heterocycles. The summed E-state index contributed by atoms with van der Waals surface area (Å²) in [6.07, 6.45) is 0.243. The summed E-state index contributed by atoms with van der Waals surface area (Å²) in [4.78, 5) is 14.4. The van der Waals surface area contributed by atoms with Crippen molar-refractivity contribution in [2.75, 3.05) is 6.54 Å². The van der Waals surface area contributed by atoms with Crippen LogP contribution in [0.4, 0.5) is 4.79 Å². The Labute approximate surface area is 118 Å². The Balaban J connectivity index is 2.42. The van der Waals surface area contributed by atoms with E-state index in [1.807, 2.05) is 44.2 Å². The average molecular weight is 276 g/mol. The summed E-state index contributed by atoms with van der Waals surface area (Å²) in [5.41, 5.74) is 9.28. The van der Waals surface area contributed by atoms with Gasteiger partial charge in [0.05, 0.1) is 0 Å². The second-order valence-corrected chi connectivity index (χ2v) is 4.95.